The molecule has 1 aromatic heterocycles. The Morgan fingerprint density at radius 3 is 2.77 bits per heavy atom. The molecule has 1 atom stereocenters. The largest absolute Gasteiger partial charge is 0.435 e. The third-order valence-electron chi connectivity index (χ3n) is 2.96. The standard InChI is InChI=1S/C15H15F2NO3S/c16-15(17)21-13-4-2-1-3-10(13)7-14(20)18-8-12(19)11-5-6-22-9-11/h1-6,9,12,15,19H,7-8H2,(H,18,20). The Morgan fingerprint density at radius 1 is 1.32 bits per heavy atom. The fourth-order valence-electron chi connectivity index (χ4n) is 1.89. The first-order chi connectivity index (χ1) is 10.6. The van der Waals surface area contributed by atoms with Crippen LogP contribution in [-0.2, 0) is 11.2 Å². The van der Waals surface area contributed by atoms with E-state index in [1.807, 2.05) is 5.38 Å². The van der Waals surface area contributed by atoms with Crippen LogP contribution in [0, 0.1) is 0 Å². The second-order valence-electron chi connectivity index (χ2n) is 4.54. The molecule has 0 saturated heterocycles. The SMILES string of the molecule is O=C(Cc1ccccc1OC(F)F)NCC(O)c1ccsc1. The molecule has 4 nitrogen and oxygen atoms in total. The molecule has 2 rings (SSSR count). The van der Waals surface area contributed by atoms with Gasteiger partial charge in [-0.15, -0.1) is 0 Å². The van der Waals surface area contributed by atoms with Crippen molar-refractivity contribution in [2.75, 3.05) is 6.54 Å². The molecule has 1 heterocycles. The number of aliphatic hydroxyl groups is 1. The Labute approximate surface area is 130 Å². The smallest absolute Gasteiger partial charge is 0.387 e. The van der Waals surface area contributed by atoms with Crippen molar-refractivity contribution in [3.8, 4) is 5.75 Å². The zero-order chi connectivity index (χ0) is 15.9. The van der Waals surface area contributed by atoms with Crippen molar-refractivity contribution in [1.29, 1.82) is 0 Å². The van der Waals surface area contributed by atoms with Crippen LogP contribution in [0.2, 0.25) is 0 Å². The number of carbonyl (C=O) groups is 1. The van der Waals surface area contributed by atoms with Crippen molar-refractivity contribution in [2.24, 2.45) is 0 Å². The number of ether oxygens (including phenoxy) is 1. The minimum atomic E-state index is -2.94. The van der Waals surface area contributed by atoms with Gasteiger partial charge in [0.15, 0.2) is 0 Å². The van der Waals surface area contributed by atoms with E-state index in [1.165, 1.54) is 17.4 Å². The maximum atomic E-state index is 12.3. The summed E-state index contributed by atoms with van der Waals surface area (Å²) in [4.78, 5) is 11.9. The summed E-state index contributed by atoms with van der Waals surface area (Å²) < 4.78 is 29.0. The van der Waals surface area contributed by atoms with Crippen LogP contribution in [0.3, 0.4) is 0 Å². The Bertz CT molecular complexity index is 605. The normalized spacial score (nSPS) is 12.2. The predicted octanol–water partition coefficient (Wildman–Crippen LogP) is 2.74. The molecule has 2 N–H and O–H groups in total. The molecule has 0 bridgehead atoms. The van der Waals surface area contributed by atoms with Gasteiger partial charge in [-0.3, -0.25) is 4.79 Å². The molecule has 1 unspecified atom stereocenters. The number of benzene rings is 1. The lowest BCUT2D eigenvalue weighted by Crippen LogP contribution is -2.29. The highest BCUT2D eigenvalue weighted by atomic mass is 32.1. The predicted molar refractivity (Wildman–Crippen MR) is 79.1 cm³/mol. The highest BCUT2D eigenvalue weighted by Crippen LogP contribution is 2.21. The molecule has 118 valence electrons. The lowest BCUT2D eigenvalue weighted by Gasteiger charge is -2.12. The van der Waals surface area contributed by atoms with Crippen LogP contribution in [0.4, 0.5) is 8.78 Å². The second kappa shape index (κ2) is 7.86. The Morgan fingerprint density at radius 2 is 2.09 bits per heavy atom. The summed E-state index contributed by atoms with van der Waals surface area (Å²) in [5, 5.41) is 16.1. The van der Waals surface area contributed by atoms with Crippen molar-refractivity contribution in [3.63, 3.8) is 0 Å². The van der Waals surface area contributed by atoms with Crippen LogP contribution in [0.5, 0.6) is 5.75 Å². The molecule has 0 saturated carbocycles. The number of aliphatic hydroxyl groups excluding tert-OH is 1. The van der Waals surface area contributed by atoms with Crippen molar-refractivity contribution in [3.05, 3.63) is 52.2 Å². The molecule has 0 aliphatic heterocycles. The summed E-state index contributed by atoms with van der Waals surface area (Å²) in [5.74, 6) is -0.398. The number of nitrogens with one attached hydrogen (secondary N) is 1. The molecule has 22 heavy (non-hydrogen) atoms. The van der Waals surface area contributed by atoms with E-state index in [-0.39, 0.29) is 24.6 Å². The van der Waals surface area contributed by atoms with E-state index in [0.29, 0.717) is 5.56 Å². The second-order valence-corrected chi connectivity index (χ2v) is 5.32. The first-order valence-corrected chi connectivity index (χ1v) is 7.50. The summed E-state index contributed by atoms with van der Waals surface area (Å²) in [6.45, 7) is -2.88. The summed E-state index contributed by atoms with van der Waals surface area (Å²) >= 11 is 1.45. The molecule has 0 aliphatic rings. The zero-order valence-corrected chi connectivity index (χ0v) is 12.4. The fourth-order valence-corrected chi connectivity index (χ4v) is 2.60. The first-order valence-electron chi connectivity index (χ1n) is 6.56. The van der Waals surface area contributed by atoms with Gasteiger partial charge >= 0.3 is 6.61 Å². The topological polar surface area (TPSA) is 58.6 Å². The van der Waals surface area contributed by atoms with E-state index in [1.54, 1.807) is 29.6 Å². The Kier molecular flexibility index (Phi) is 5.85. The average Bonchev–Trinajstić information content (AvgIpc) is 3.00. The highest BCUT2D eigenvalue weighted by molar-refractivity contribution is 7.07. The number of rotatable bonds is 7. The molecule has 0 spiro atoms. The quantitative estimate of drug-likeness (QED) is 0.822. The summed E-state index contributed by atoms with van der Waals surface area (Å²) in [6, 6.07) is 7.90. The molecule has 0 aliphatic carbocycles. The van der Waals surface area contributed by atoms with Crippen LogP contribution in [0.15, 0.2) is 41.1 Å². The van der Waals surface area contributed by atoms with Crippen molar-refractivity contribution < 1.29 is 23.4 Å². The molecule has 1 aromatic carbocycles. The Balaban J connectivity index is 1.89. The first kappa shape index (κ1) is 16.4. The summed E-state index contributed by atoms with van der Waals surface area (Å²) in [5.41, 5.74) is 1.09. The molecule has 0 radical (unpaired) electrons. The van der Waals surface area contributed by atoms with E-state index in [4.69, 9.17) is 0 Å². The van der Waals surface area contributed by atoms with Gasteiger partial charge in [0.2, 0.25) is 5.91 Å². The minimum absolute atomic E-state index is 0.0222. The van der Waals surface area contributed by atoms with Crippen molar-refractivity contribution in [2.45, 2.75) is 19.1 Å². The number of amides is 1. The van der Waals surface area contributed by atoms with Gasteiger partial charge in [0.25, 0.3) is 0 Å². The van der Waals surface area contributed by atoms with Gasteiger partial charge in [-0.25, -0.2) is 0 Å². The maximum Gasteiger partial charge on any atom is 0.387 e. The van der Waals surface area contributed by atoms with E-state index < -0.39 is 12.7 Å². The maximum absolute atomic E-state index is 12.3. The fraction of sp³-hybridized carbons (Fsp3) is 0.267. The Hall–Kier alpha value is -1.99. The zero-order valence-electron chi connectivity index (χ0n) is 11.5. The van der Waals surface area contributed by atoms with Crippen molar-refractivity contribution in [1.82, 2.24) is 5.32 Å². The lowest BCUT2D eigenvalue weighted by molar-refractivity contribution is -0.121. The molecular formula is C15H15F2NO3S. The van der Waals surface area contributed by atoms with Crippen LogP contribution >= 0.6 is 11.3 Å². The van der Waals surface area contributed by atoms with E-state index in [0.717, 1.165) is 5.56 Å². The van der Waals surface area contributed by atoms with Gasteiger partial charge in [0.1, 0.15) is 5.75 Å². The van der Waals surface area contributed by atoms with E-state index in [2.05, 4.69) is 10.1 Å². The van der Waals surface area contributed by atoms with Crippen LogP contribution in [0.25, 0.3) is 0 Å². The van der Waals surface area contributed by atoms with Gasteiger partial charge in [-0.1, -0.05) is 18.2 Å². The minimum Gasteiger partial charge on any atom is -0.435 e. The highest BCUT2D eigenvalue weighted by Gasteiger charge is 2.14. The third-order valence-corrected chi connectivity index (χ3v) is 3.66. The average molecular weight is 327 g/mol. The molecule has 0 fully saturated rings. The van der Waals surface area contributed by atoms with E-state index in [9.17, 15) is 18.7 Å². The van der Waals surface area contributed by atoms with Crippen LogP contribution < -0.4 is 10.1 Å². The van der Waals surface area contributed by atoms with Crippen molar-refractivity contribution >= 4 is 17.2 Å². The molecule has 7 heteroatoms. The van der Waals surface area contributed by atoms with Gasteiger partial charge in [-0.2, -0.15) is 20.1 Å². The number of thiophene rings is 1. The number of hydrogen-bond acceptors (Lipinski definition) is 4. The number of alkyl halides is 2. The van der Waals surface area contributed by atoms with Crippen LogP contribution in [0.1, 0.15) is 17.2 Å². The molecular weight excluding hydrogens is 312 g/mol. The van der Waals surface area contributed by atoms with E-state index >= 15 is 0 Å². The molecule has 2 aromatic rings. The van der Waals surface area contributed by atoms with Gasteiger partial charge < -0.3 is 15.2 Å². The summed E-state index contributed by atoms with van der Waals surface area (Å²) in [6.07, 6.45) is -0.887. The number of hydrogen-bond donors (Lipinski definition) is 2. The van der Waals surface area contributed by atoms with Gasteiger partial charge in [0, 0.05) is 12.1 Å². The van der Waals surface area contributed by atoms with Crippen LogP contribution in [-0.4, -0.2) is 24.2 Å². The lowest BCUT2D eigenvalue weighted by atomic mass is 10.1. The number of carbonyl (C=O) groups excluding carboxylic acids is 1. The van der Waals surface area contributed by atoms with Gasteiger partial charge in [-0.05, 0) is 28.5 Å². The van der Waals surface area contributed by atoms with Gasteiger partial charge in [0.05, 0.1) is 12.5 Å². The summed E-state index contributed by atoms with van der Waals surface area (Å²) in [7, 11) is 0. The number of para-hydroxylation sites is 1. The molecule has 1 amide bonds. The number of halogens is 2. The third kappa shape index (κ3) is 4.78. The monoisotopic (exact) mass is 327 g/mol.